The Labute approximate surface area is 126 Å². The molecule has 0 unspecified atom stereocenters. The zero-order chi connectivity index (χ0) is 13.9. The predicted octanol–water partition coefficient (Wildman–Crippen LogP) is 4.49. The van der Waals surface area contributed by atoms with E-state index >= 15 is 0 Å². The maximum Gasteiger partial charge on any atom is 0.163 e. The average Bonchev–Trinajstić information content (AvgIpc) is 2.48. The molecule has 2 aromatic carbocycles. The minimum atomic E-state index is 0.729. The maximum absolute atomic E-state index is 4.67. The Morgan fingerprint density at radius 3 is 2.55 bits per heavy atom. The van der Waals surface area contributed by atoms with Gasteiger partial charge >= 0.3 is 0 Å². The SMILES string of the molecule is CCNc1nc(-c2ccccc2Br)nc2ccccc12. The minimum Gasteiger partial charge on any atom is -0.370 e. The van der Waals surface area contributed by atoms with Gasteiger partial charge in [0.05, 0.1) is 5.52 Å². The van der Waals surface area contributed by atoms with Crippen LogP contribution in [0.5, 0.6) is 0 Å². The van der Waals surface area contributed by atoms with Gasteiger partial charge in [-0.2, -0.15) is 0 Å². The van der Waals surface area contributed by atoms with E-state index < -0.39 is 0 Å². The Morgan fingerprint density at radius 1 is 1.00 bits per heavy atom. The van der Waals surface area contributed by atoms with Gasteiger partial charge in [-0.1, -0.05) is 46.3 Å². The van der Waals surface area contributed by atoms with Crippen molar-refractivity contribution >= 4 is 32.7 Å². The number of halogens is 1. The summed E-state index contributed by atoms with van der Waals surface area (Å²) >= 11 is 3.56. The summed E-state index contributed by atoms with van der Waals surface area (Å²) in [5.74, 6) is 1.61. The average molecular weight is 328 g/mol. The van der Waals surface area contributed by atoms with Crippen LogP contribution in [0.3, 0.4) is 0 Å². The summed E-state index contributed by atoms with van der Waals surface area (Å²) in [5, 5.41) is 4.36. The van der Waals surface area contributed by atoms with Crippen LogP contribution in [-0.4, -0.2) is 16.5 Å². The first kappa shape index (κ1) is 13.1. The van der Waals surface area contributed by atoms with Crippen molar-refractivity contribution in [1.82, 2.24) is 9.97 Å². The van der Waals surface area contributed by atoms with Crippen LogP contribution in [0, 0.1) is 0 Å². The van der Waals surface area contributed by atoms with Crippen molar-refractivity contribution in [2.45, 2.75) is 6.92 Å². The zero-order valence-electron chi connectivity index (χ0n) is 11.1. The van der Waals surface area contributed by atoms with Crippen LogP contribution < -0.4 is 5.32 Å². The molecule has 20 heavy (non-hydrogen) atoms. The smallest absolute Gasteiger partial charge is 0.163 e. The summed E-state index contributed by atoms with van der Waals surface area (Å²) in [7, 11) is 0. The molecule has 3 nitrogen and oxygen atoms in total. The molecule has 3 aromatic rings. The molecule has 0 aliphatic heterocycles. The van der Waals surface area contributed by atoms with Crippen molar-refractivity contribution in [3.8, 4) is 11.4 Å². The maximum atomic E-state index is 4.67. The number of aromatic nitrogens is 2. The second-order valence-electron chi connectivity index (χ2n) is 4.42. The lowest BCUT2D eigenvalue weighted by Crippen LogP contribution is -2.03. The van der Waals surface area contributed by atoms with E-state index in [1.807, 2.05) is 48.5 Å². The zero-order valence-corrected chi connectivity index (χ0v) is 12.7. The summed E-state index contributed by atoms with van der Waals surface area (Å²) in [6.07, 6.45) is 0. The van der Waals surface area contributed by atoms with Crippen molar-refractivity contribution in [3.63, 3.8) is 0 Å². The molecule has 1 N–H and O–H groups in total. The van der Waals surface area contributed by atoms with Crippen LogP contribution in [0.4, 0.5) is 5.82 Å². The summed E-state index contributed by atoms with van der Waals surface area (Å²) < 4.78 is 0.998. The number of fused-ring (bicyclic) bond motifs is 1. The first-order valence-corrected chi connectivity index (χ1v) is 7.34. The fourth-order valence-electron chi connectivity index (χ4n) is 2.14. The van der Waals surface area contributed by atoms with Crippen LogP contribution in [-0.2, 0) is 0 Å². The third kappa shape index (κ3) is 2.39. The van der Waals surface area contributed by atoms with Crippen LogP contribution in [0.1, 0.15) is 6.92 Å². The van der Waals surface area contributed by atoms with Crippen molar-refractivity contribution < 1.29 is 0 Å². The Bertz CT molecular complexity index is 756. The molecule has 0 radical (unpaired) electrons. The molecule has 0 amide bonds. The highest BCUT2D eigenvalue weighted by Crippen LogP contribution is 2.29. The number of benzene rings is 2. The van der Waals surface area contributed by atoms with Crippen LogP contribution in [0.15, 0.2) is 53.0 Å². The van der Waals surface area contributed by atoms with Gasteiger partial charge in [-0.25, -0.2) is 9.97 Å². The van der Waals surface area contributed by atoms with E-state index in [1.54, 1.807) is 0 Å². The molecular weight excluding hydrogens is 314 g/mol. The minimum absolute atomic E-state index is 0.729. The van der Waals surface area contributed by atoms with Gasteiger partial charge in [-0.3, -0.25) is 0 Å². The molecule has 0 aliphatic carbocycles. The molecule has 4 heteroatoms. The summed E-state index contributed by atoms with van der Waals surface area (Å²) in [5.41, 5.74) is 1.95. The Hall–Kier alpha value is -1.94. The van der Waals surface area contributed by atoms with E-state index in [4.69, 9.17) is 0 Å². The van der Waals surface area contributed by atoms with Gasteiger partial charge in [0.1, 0.15) is 5.82 Å². The highest BCUT2D eigenvalue weighted by atomic mass is 79.9. The molecule has 0 aliphatic rings. The van der Waals surface area contributed by atoms with Gasteiger partial charge in [0.15, 0.2) is 5.82 Å². The number of para-hydroxylation sites is 1. The second-order valence-corrected chi connectivity index (χ2v) is 5.28. The van der Waals surface area contributed by atoms with Gasteiger partial charge in [-0.05, 0) is 25.1 Å². The molecule has 0 atom stereocenters. The van der Waals surface area contributed by atoms with Crippen LogP contribution >= 0.6 is 15.9 Å². The quantitative estimate of drug-likeness (QED) is 0.770. The molecule has 0 saturated heterocycles. The van der Waals surface area contributed by atoms with Gasteiger partial charge in [0.2, 0.25) is 0 Å². The van der Waals surface area contributed by atoms with E-state index in [9.17, 15) is 0 Å². The van der Waals surface area contributed by atoms with Gasteiger partial charge in [0, 0.05) is 22.0 Å². The highest BCUT2D eigenvalue weighted by Gasteiger charge is 2.10. The standard InChI is InChI=1S/C16H14BrN3/c1-2-18-15-12-8-4-6-10-14(12)19-16(20-15)11-7-3-5-9-13(11)17/h3-10H,2H2,1H3,(H,18,19,20). The van der Waals surface area contributed by atoms with E-state index in [0.29, 0.717) is 0 Å². The summed E-state index contributed by atoms with van der Waals surface area (Å²) in [4.78, 5) is 9.34. The lowest BCUT2D eigenvalue weighted by atomic mass is 10.2. The summed E-state index contributed by atoms with van der Waals surface area (Å²) in [6.45, 7) is 2.89. The number of hydrogen-bond donors (Lipinski definition) is 1. The molecule has 0 spiro atoms. The molecule has 1 aromatic heterocycles. The van der Waals surface area contributed by atoms with E-state index in [-0.39, 0.29) is 0 Å². The first-order valence-electron chi connectivity index (χ1n) is 6.55. The van der Waals surface area contributed by atoms with Crippen molar-refractivity contribution in [2.75, 3.05) is 11.9 Å². The molecule has 1 heterocycles. The number of hydrogen-bond acceptors (Lipinski definition) is 3. The van der Waals surface area contributed by atoms with Crippen LogP contribution in [0.2, 0.25) is 0 Å². The third-order valence-electron chi connectivity index (χ3n) is 3.06. The fourth-order valence-corrected chi connectivity index (χ4v) is 2.60. The van der Waals surface area contributed by atoms with Crippen molar-refractivity contribution in [2.24, 2.45) is 0 Å². The van der Waals surface area contributed by atoms with Crippen molar-refractivity contribution in [3.05, 3.63) is 53.0 Å². The largest absolute Gasteiger partial charge is 0.370 e. The molecule has 100 valence electrons. The van der Waals surface area contributed by atoms with Crippen molar-refractivity contribution in [1.29, 1.82) is 0 Å². The fraction of sp³-hybridized carbons (Fsp3) is 0.125. The Kier molecular flexibility index (Phi) is 3.65. The third-order valence-corrected chi connectivity index (χ3v) is 3.75. The van der Waals surface area contributed by atoms with Gasteiger partial charge < -0.3 is 5.32 Å². The number of anilines is 1. The van der Waals surface area contributed by atoms with Gasteiger partial charge in [-0.15, -0.1) is 0 Å². The summed E-state index contributed by atoms with van der Waals surface area (Å²) in [6, 6.07) is 16.0. The highest BCUT2D eigenvalue weighted by molar-refractivity contribution is 9.10. The molecule has 0 fully saturated rings. The normalized spacial score (nSPS) is 10.7. The lowest BCUT2D eigenvalue weighted by molar-refractivity contribution is 1.14. The monoisotopic (exact) mass is 327 g/mol. The lowest BCUT2D eigenvalue weighted by Gasteiger charge is -2.10. The van der Waals surface area contributed by atoms with Gasteiger partial charge in [0.25, 0.3) is 0 Å². The van der Waals surface area contributed by atoms with E-state index in [1.165, 1.54) is 0 Å². The topological polar surface area (TPSA) is 37.8 Å². The number of nitrogens with zero attached hydrogens (tertiary/aromatic N) is 2. The Morgan fingerprint density at radius 2 is 1.75 bits per heavy atom. The molecular formula is C16H14BrN3. The predicted molar refractivity (Wildman–Crippen MR) is 86.8 cm³/mol. The van der Waals surface area contributed by atoms with E-state index in [2.05, 4.69) is 38.1 Å². The number of nitrogens with one attached hydrogen (secondary N) is 1. The molecule has 0 saturated carbocycles. The first-order chi connectivity index (χ1) is 9.79. The second kappa shape index (κ2) is 5.59. The van der Waals surface area contributed by atoms with Crippen LogP contribution in [0.25, 0.3) is 22.3 Å². The number of rotatable bonds is 3. The Balaban J connectivity index is 2.25. The molecule has 3 rings (SSSR count). The molecule has 0 bridgehead atoms. The van der Waals surface area contributed by atoms with E-state index in [0.717, 1.165) is 39.1 Å².